The lowest BCUT2D eigenvalue weighted by Crippen LogP contribution is -2.11. The van der Waals surface area contributed by atoms with Crippen molar-refractivity contribution in [3.63, 3.8) is 0 Å². The second-order valence-electron chi connectivity index (χ2n) is 3.53. The monoisotopic (exact) mass is 264 g/mol. The van der Waals surface area contributed by atoms with Gasteiger partial charge in [-0.15, -0.1) is 11.3 Å². The molecule has 0 fully saturated rings. The molecule has 17 heavy (non-hydrogen) atoms. The van der Waals surface area contributed by atoms with Crippen LogP contribution in [0.3, 0.4) is 0 Å². The van der Waals surface area contributed by atoms with Crippen LogP contribution < -0.4 is 10.5 Å². The molecule has 0 aliphatic heterocycles. The predicted octanol–water partition coefficient (Wildman–Crippen LogP) is 2.66. The number of nitrogens with zero attached hydrogens (tertiary/aromatic N) is 1. The van der Waals surface area contributed by atoms with Crippen molar-refractivity contribution in [3.05, 3.63) is 45.9 Å². The first kappa shape index (κ1) is 12.0. The number of nitrogens with two attached hydrogens (primary N) is 1. The molecule has 2 rings (SSSR count). The fraction of sp³-hybridized carbons (Fsp3) is 0.167. The molecular formula is C12H12N2OS2. The Morgan fingerprint density at radius 3 is 2.88 bits per heavy atom. The molecule has 2 aromatic rings. The average molecular weight is 264 g/mol. The molecule has 0 saturated carbocycles. The molecule has 3 nitrogen and oxygen atoms in total. The fourth-order valence-electron chi connectivity index (χ4n) is 1.40. The normalized spacial score (nSPS) is 10.2. The molecule has 1 aromatic carbocycles. The maximum Gasteiger partial charge on any atom is 0.140 e. The van der Waals surface area contributed by atoms with E-state index in [2.05, 4.69) is 4.98 Å². The minimum Gasteiger partial charge on any atom is -0.486 e. The summed E-state index contributed by atoms with van der Waals surface area (Å²) < 4.78 is 5.68. The molecule has 0 spiro atoms. The zero-order valence-electron chi connectivity index (χ0n) is 9.34. The molecular weight excluding hydrogens is 252 g/mol. The highest BCUT2D eigenvalue weighted by molar-refractivity contribution is 7.80. The van der Waals surface area contributed by atoms with E-state index in [9.17, 15) is 0 Å². The average Bonchev–Trinajstić information content (AvgIpc) is 2.73. The lowest BCUT2D eigenvalue weighted by molar-refractivity contribution is 0.305. The minimum absolute atomic E-state index is 0.343. The third kappa shape index (κ3) is 3.01. The van der Waals surface area contributed by atoms with Gasteiger partial charge in [-0.3, -0.25) is 0 Å². The van der Waals surface area contributed by atoms with Crippen molar-refractivity contribution in [1.82, 2.24) is 4.98 Å². The van der Waals surface area contributed by atoms with Gasteiger partial charge in [-0.25, -0.2) is 4.98 Å². The van der Waals surface area contributed by atoms with Gasteiger partial charge in [-0.1, -0.05) is 24.4 Å². The summed E-state index contributed by atoms with van der Waals surface area (Å²) in [6.45, 7) is 2.40. The van der Waals surface area contributed by atoms with Crippen molar-refractivity contribution in [2.45, 2.75) is 13.5 Å². The standard InChI is InChI=1S/C12H12N2OS2/c1-8-7-17-11(14-8)6-15-10-5-3-2-4-9(10)12(13)16/h2-5,7H,6H2,1H3,(H2,13,16). The van der Waals surface area contributed by atoms with E-state index in [1.807, 2.05) is 36.6 Å². The molecule has 2 N–H and O–H groups in total. The van der Waals surface area contributed by atoms with Crippen LogP contribution >= 0.6 is 23.6 Å². The largest absolute Gasteiger partial charge is 0.486 e. The molecule has 1 heterocycles. The van der Waals surface area contributed by atoms with Crippen LogP contribution in [0.25, 0.3) is 0 Å². The Hall–Kier alpha value is -1.46. The van der Waals surface area contributed by atoms with Crippen molar-refractivity contribution in [2.24, 2.45) is 5.73 Å². The van der Waals surface area contributed by atoms with Crippen LogP contribution in [0.15, 0.2) is 29.6 Å². The van der Waals surface area contributed by atoms with Crippen molar-refractivity contribution in [2.75, 3.05) is 0 Å². The maximum atomic E-state index is 5.68. The number of para-hydroxylation sites is 1. The van der Waals surface area contributed by atoms with E-state index < -0.39 is 0 Å². The van der Waals surface area contributed by atoms with Gasteiger partial charge in [-0.05, 0) is 19.1 Å². The van der Waals surface area contributed by atoms with Gasteiger partial charge in [0.25, 0.3) is 0 Å². The highest BCUT2D eigenvalue weighted by Gasteiger charge is 2.06. The van der Waals surface area contributed by atoms with E-state index in [-0.39, 0.29) is 0 Å². The van der Waals surface area contributed by atoms with Crippen LogP contribution in [-0.2, 0) is 6.61 Å². The molecule has 0 atom stereocenters. The summed E-state index contributed by atoms with van der Waals surface area (Å²) in [5.74, 6) is 0.702. The number of hydrogen-bond acceptors (Lipinski definition) is 4. The molecule has 5 heteroatoms. The van der Waals surface area contributed by atoms with E-state index in [0.29, 0.717) is 17.3 Å². The molecule has 0 aliphatic rings. The Bertz CT molecular complexity index is 537. The van der Waals surface area contributed by atoms with Crippen LogP contribution in [-0.4, -0.2) is 9.97 Å². The number of hydrogen-bond donors (Lipinski definition) is 1. The summed E-state index contributed by atoms with van der Waals surface area (Å²) in [5.41, 5.74) is 7.40. The highest BCUT2D eigenvalue weighted by Crippen LogP contribution is 2.20. The molecule has 88 valence electrons. The lowest BCUT2D eigenvalue weighted by atomic mass is 10.2. The molecule has 0 unspecified atom stereocenters. The molecule has 0 radical (unpaired) electrons. The van der Waals surface area contributed by atoms with Crippen LogP contribution in [0, 0.1) is 6.92 Å². The van der Waals surface area contributed by atoms with E-state index >= 15 is 0 Å². The quantitative estimate of drug-likeness (QED) is 0.863. The Labute approximate surface area is 109 Å². The fourth-order valence-corrected chi connectivity index (χ4v) is 2.26. The van der Waals surface area contributed by atoms with Crippen LogP contribution in [0.2, 0.25) is 0 Å². The number of benzene rings is 1. The molecule has 1 aromatic heterocycles. The van der Waals surface area contributed by atoms with Gasteiger partial charge < -0.3 is 10.5 Å². The zero-order chi connectivity index (χ0) is 12.3. The topological polar surface area (TPSA) is 48.1 Å². The molecule has 0 saturated heterocycles. The van der Waals surface area contributed by atoms with Gasteiger partial charge in [0.05, 0.1) is 5.56 Å². The summed E-state index contributed by atoms with van der Waals surface area (Å²) in [5, 5.41) is 2.94. The zero-order valence-corrected chi connectivity index (χ0v) is 11.0. The van der Waals surface area contributed by atoms with Gasteiger partial charge in [-0.2, -0.15) is 0 Å². The number of rotatable bonds is 4. The molecule has 0 aliphatic carbocycles. The Balaban J connectivity index is 2.11. The van der Waals surface area contributed by atoms with Crippen LogP contribution in [0.4, 0.5) is 0 Å². The summed E-state index contributed by atoms with van der Waals surface area (Å²) in [7, 11) is 0. The maximum absolute atomic E-state index is 5.68. The van der Waals surface area contributed by atoms with Crippen molar-refractivity contribution in [3.8, 4) is 5.75 Å². The summed E-state index contributed by atoms with van der Waals surface area (Å²) in [6, 6.07) is 7.48. The number of aryl methyl sites for hydroxylation is 1. The third-order valence-corrected chi connectivity index (χ3v) is 3.33. The number of ether oxygens (including phenoxy) is 1. The second kappa shape index (κ2) is 5.25. The third-order valence-electron chi connectivity index (χ3n) is 2.17. The van der Waals surface area contributed by atoms with E-state index in [4.69, 9.17) is 22.7 Å². The van der Waals surface area contributed by atoms with Gasteiger partial charge in [0.2, 0.25) is 0 Å². The SMILES string of the molecule is Cc1csc(COc2ccccc2C(N)=S)n1. The first-order valence-electron chi connectivity index (χ1n) is 5.09. The van der Waals surface area contributed by atoms with E-state index in [0.717, 1.165) is 16.3 Å². The summed E-state index contributed by atoms with van der Waals surface area (Å²) in [4.78, 5) is 4.67. The van der Waals surface area contributed by atoms with Crippen LogP contribution in [0.5, 0.6) is 5.75 Å². The summed E-state index contributed by atoms with van der Waals surface area (Å²) in [6.07, 6.45) is 0. The van der Waals surface area contributed by atoms with Crippen LogP contribution in [0.1, 0.15) is 16.3 Å². The highest BCUT2D eigenvalue weighted by atomic mass is 32.1. The lowest BCUT2D eigenvalue weighted by Gasteiger charge is -2.08. The number of aromatic nitrogens is 1. The molecule has 0 amide bonds. The first-order valence-corrected chi connectivity index (χ1v) is 6.38. The van der Waals surface area contributed by atoms with Gasteiger partial charge in [0.1, 0.15) is 22.4 Å². The van der Waals surface area contributed by atoms with Crippen molar-refractivity contribution >= 4 is 28.5 Å². The van der Waals surface area contributed by atoms with Gasteiger partial charge in [0, 0.05) is 11.1 Å². The van der Waals surface area contributed by atoms with Crippen molar-refractivity contribution < 1.29 is 4.74 Å². The van der Waals surface area contributed by atoms with Gasteiger partial charge in [0.15, 0.2) is 0 Å². The summed E-state index contributed by atoms with van der Waals surface area (Å²) >= 11 is 6.55. The second-order valence-corrected chi connectivity index (χ2v) is 4.91. The number of thiocarbonyl (C=S) groups is 1. The Kier molecular flexibility index (Phi) is 3.71. The first-order chi connectivity index (χ1) is 8.16. The minimum atomic E-state index is 0.343. The van der Waals surface area contributed by atoms with E-state index in [1.54, 1.807) is 11.3 Å². The Morgan fingerprint density at radius 2 is 2.24 bits per heavy atom. The van der Waals surface area contributed by atoms with E-state index in [1.165, 1.54) is 0 Å². The molecule has 0 bridgehead atoms. The Morgan fingerprint density at radius 1 is 1.47 bits per heavy atom. The smallest absolute Gasteiger partial charge is 0.140 e. The number of thiazole rings is 1. The van der Waals surface area contributed by atoms with Crippen molar-refractivity contribution in [1.29, 1.82) is 0 Å². The van der Waals surface area contributed by atoms with Gasteiger partial charge >= 0.3 is 0 Å². The predicted molar refractivity (Wildman–Crippen MR) is 73.5 cm³/mol.